The molecule has 54 heavy (non-hydrogen) atoms. The van der Waals surface area contributed by atoms with Crippen LogP contribution in [-0.2, 0) is 27.5 Å². The maximum atomic E-state index is 6.72. The van der Waals surface area contributed by atoms with Gasteiger partial charge >= 0.3 is 21.1 Å². The summed E-state index contributed by atoms with van der Waals surface area (Å²) in [5, 5.41) is 7.36. The van der Waals surface area contributed by atoms with Crippen LogP contribution in [0.2, 0.25) is 0 Å². The summed E-state index contributed by atoms with van der Waals surface area (Å²) in [6.45, 7) is 20.1. The zero-order valence-corrected chi connectivity index (χ0v) is 35.4. The van der Waals surface area contributed by atoms with Gasteiger partial charge in [0.15, 0.2) is 0 Å². The van der Waals surface area contributed by atoms with Gasteiger partial charge in [-0.3, -0.25) is 4.68 Å². The van der Waals surface area contributed by atoms with Crippen molar-refractivity contribution in [1.29, 1.82) is 0 Å². The topological polar surface area (TPSA) is 44.9 Å². The minimum Gasteiger partial charge on any atom is -0.509 e. The van der Waals surface area contributed by atoms with Crippen LogP contribution in [0.15, 0.2) is 91.1 Å². The van der Waals surface area contributed by atoms with Gasteiger partial charge in [0, 0.05) is 34.5 Å². The van der Waals surface area contributed by atoms with E-state index in [2.05, 4.69) is 146 Å². The molecule has 0 N–H and O–H groups in total. The van der Waals surface area contributed by atoms with Gasteiger partial charge in [-0.25, -0.2) is 4.98 Å². The number of aromatic nitrogens is 4. The quantitative estimate of drug-likeness (QED) is 0.122. The Balaban J connectivity index is 0.00000497. The number of rotatable bonds is 11. The monoisotopic (exact) mass is 895 g/mol. The smallest absolute Gasteiger partial charge is 0.509 e. The van der Waals surface area contributed by atoms with Gasteiger partial charge in [-0.2, -0.15) is 16.7 Å². The first kappa shape index (κ1) is 39.2. The van der Waals surface area contributed by atoms with Gasteiger partial charge in [-0.15, -0.1) is 35.7 Å². The first-order valence-electron chi connectivity index (χ1n) is 19.1. The van der Waals surface area contributed by atoms with Crippen molar-refractivity contribution in [1.82, 2.24) is 19.3 Å². The molecule has 0 aliphatic rings. The Morgan fingerprint density at radius 3 is 2.30 bits per heavy atom. The van der Waals surface area contributed by atoms with Crippen molar-refractivity contribution < 1.29 is 25.8 Å². The summed E-state index contributed by atoms with van der Waals surface area (Å²) in [6, 6.07) is 37.4. The molecule has 0 aliphatic carbocycles. The molecule has 0 aliphatic heterocycles. The molecular formula is C48H52N4OPt. The molecule has 0 spiro atoms. The third kappa shape index (κ3) is 8.42. The molecule has 1 atom stereocenters. The molecule has 0 saturated heterocycles. The molecule has 0 radical (unpaired) electrons. The van der Waals surface area contributed by atoms with Crippen molar-refractivity contribution in [2.24, 2.45) is 11.3 Å². The minimum atomic E-state index is 0. The van der Waals surface area contributed by atoms with Crippen molar-refractivity contribution in [2.75, 3.05) is 0 Å². The fraction of sp³-hybridized carbons (Fsp3) is 0.333. The number of pyridine rings is 1. The molecular weight excluding hydrogens is 844 g/mol. The normalized spacial score (nSPS) is 12.4. The van der Waals surface area contributed by atoms with Gasteiger partial charge < -0.3 is 9.30 Å². The van der Waals surface area contributed by atoms with Crippen LogP contribution in [0.1, 0.15) is 94.8 Å². The van der Waals surface area contributed by atoms with Crippen LogP contribution in [-0.4, -0.2) is 19.3 Å². The van der Waals surface area contributed by atoms with Gasteiger partial charge in [0.05, 0.1) is 5.69 Å². The largest absolute Gasteiger partial charge is 2.00 e. The number of nitrogens with zero attached hydrogens (tertiary/aromatic N) is 4. The van der Waals surface area contributed by atoms with Crippen LogP contribution in [0.3, 0.4) is 0 Å². The van der Waals surface area contributed by atoms with Gasteiger partial charge in [0.2, 0.25) is 0 Å². The van der Waals surface area contributed by atoms with Crippen molar-refractivity contribution in [3.63, 3.8) is 0 Å². The molecule has 7 aromatic rings. The van der Waals surface area contributed by atoms with E-state index in [9.17, 15) is 0 Å². The van der Waals surface area contributed by atoms with Crippen molar-refractivity contribution in [3.8, 4) is 34.1 Å². The second kappa shape index (κ2) is 16.1. The first-order valence-corrected chi connectivity index (χ1v) is 19.1. The molecule has 6 heteroatoms. The van der Waals surface area contributed by atoms with Gasteiger partial charge in [-0.05, 0) is 96.8 Å². The first-order chi connectivity index (χ1) is 25.3. The second-order valence-electron chi connectivity index (χ2n) is 16.5. The Morgan fingerprint density at radius 1 is 0.796 bits per heavy atom. The van der Waals surface area contributed by atoms with Crippen LogP contribution in [0.4, 0.5) is 0 Å². The van der Waals surface area contributed by atoms with Gasteiger partial charge in [0.1, 0.15) is 5.82 Å². The Kier molecular flexibility index (Phi) is 11.7. The molecule has 3 aromatic heterocycles. The molecule has 0 saturated carbocycles. The number of aryl methyl sites for hydroxylation is 2. The maximum absolute atomic E-state index is 6.72. The van der Waals surface area contributed by atoms with E-state index in [0.29, 0.717) is 17.4 Å². The predicted molar refractivity (Wildman–Crippen MR) is 220 cm³/mol. The van der Waals surface area contributed by atoms with E-state index < -0.39 is 0 Å². The molecule has 3 heterocycles. The minimum absolute atomic E-state index is 0. The van der Waals surface area contributed by atoms with Crippen LogP contribution >= 0.6 is 0 Å². The van der Waals surface area contributed by atoms with E-state index in [0.717, 1.165) is 68.3 Å². The average Bonchev–Trinajstić information content (AvgIpc) is 3.59. The van der Waals surface area contributed by atoms with Crippen LogP contribution in [0.5, 0.6) is 11.5 Å². The van der Waals surface area contributed by atoms with Gasteiger partial charge in [0.25, 0.3) is 0 Å². The van der Waals surface area contributed by atoms with Gasteiger partial charge in [-0.1, -0.05) is 102 Å². The Hall–Kier alpha value is -4.47. The van der Waals surface area contributed by atoms with E-state index in [1.54, 1.807) is 0 Å². The summed E-state index contributed by atoms with van der Waals surface area (Å²) in [5.41, 5.74) is 11.1. The van der Waals surface area contributed by atoms with Crippen LogP contribution < -0.4 is 4.74 Å². The predicted octanol–water partition coefficient (Wildman–Crippen LogP) is 12.9. The molecule has 7 rings (SSSR count). The fourth-order valence-electron chi connectivity index (χ4n) is 7.67. The number of fused-ring (bicyclic) bond motifs is 3. The summed E-state index contributed by atoms with van der Waals surface area (Å²) < 4.78 is 10.9. The number of hydrogen-bond acceptors (Lipinski definition) is 3. The summed E-state index contributed by atoms with van der Waals surface area (Å²) >= 11 is 0. The maximum Gasteiger partial charge on any atom is 2.00 e. The zero-order chi connectivity index (χ0) is 37.4. The van der Waals surface area contributed by atoms with E-state index in [4.69, 9.17) is 14.8 Å². The summed E-state index contributed by atoms with van der Waals surface area (Å²) in [7, 11) is 0. The van der Waals surface area contributed by atoms with E-state index in [-0.39, 0.29) is 26.5 Å². The van der Waals surface area contributed by atoms with Crippen molar-refractivity contribution in [2.45, 2.75) is 93.9 Å². The molecule has 4 aromatic carbocycles. The molecule has 0 bridgehead atoms. The summed E-state index contributed by atoms with van der Waals surface area (Å²) in [5.74, 6) is 3.35. The van der Waals surface area contributed by atoms with E-state index in [1.807, 2.05) is 29.1 Å². The Labute approximate surface area is 336 Å². The molecule has 1 unspecified atom stereocenters. The molecule has 0 fully saturated rings. The zero-order valence-electron chi connectivity index (χ0n) is 33.2. The van der Waals surface area contributed by atoms with Crippen LogP contribution in [0.25, 0.3) is 44.4 Å². The molecule has 280 valence electrons. The Morgan fingerprint density at radius 2 is 1.57 bits per heavy atom. The average molecular weight is 896 g/mol. The second-order valence-corrected chi connectivity index (χ2v) is 16.5. The molecule has 0 amide bonds. The van der Waals surface area contributed by atoms with Crippen LogP contribution in [0, 0.1) is 44.2 Å². The fourth-order valence-corrected chi connectivity index (χ4v) is 7.67. The SMILES string of the molecule is Cc1ccnc(-n2c3[c-]c(Oc4[c-]c(-n5nc(C)c(-c6ccccc6)c5C)cc(CC(C)(C)C)c4)ccc3c3cc(C(C)CCCC(C)C)ccc32)c1.[Pt+2]. The number of ether oxygens (including phenoxy) is 1. The third-order valence-electron chi connectivity index (χ3n) is 10.2. The standard InChI is InChI=1S/C48H52N4O.Pt/c1-31(2)14-13-15-33(4)38-18-21-44-43(27-38)42-20-19-40(29-45(42)51(44)46-24-32(3)22-23-49-46)53-41-26-36(30-48(7,8)9)25-39(28-41)52-35(6)47(34(5)50-52)37-16-11-10-12-17-37;/h10-12,16-27,31,33H,13-15,30H2,1-9H3;/q-2;+2. The molecule has 5 nitrogen and oxygen atoms in total. The van der Waals surface area contributed by atoms with Crippen molar-refractivity contribution >= 4 is 21.8 Å². The van der Waals surface area contributed by atoms with E-state index >= 15 is 0 Å². The summed E-state index contributed by atoms with van der Waals surface area (Å²) in [6.07, 6.45) is 6.45. The summed E-state index contributed by atoms with van der Waals surface area (Å²) in [4.78, 5) is 4.83. The van der Waals surface area contributed by atoms with Crippen molar-refractivity contribution in [3.05, 3.63) is 131 Å². The number of hydrogen-bond donors (Lipinski definition) is 0. The number of benzene rings is 4. The third-order valence-corrected chi connectivity index (χ3v) is 10.2. The Bertz CT molecular complexity index is 2400. The van der Waals surface area contributed by atoms with E-state index in [1.165, 1.54) is 35.8 Å².